The number of allylic oxidation sites excluding steroid dienone is 1. The van der Waals surface area contributed by atoms with E-state index in [1.165, 1.54) is 36.6 Å². The number of likely N-dealkylation sites (tertiary alicyclic amines) is 1. The molecule has 2 aromatic rings. The first-order valence-electron chi connectivity index (χ1n) is 11.1. The molecule has 3 aliphatic rings. The van der Waals surface area contributed by atoms with Crippen LogP contribution >= 0.6 is 11.8 Å². The summed E-state index contributed by atoms with van der Waals surface area (Å²) in [6, 6.07) is 6.18. The van der Waals surface area contributed by atoms with Crippen LogP contribution in [0, 0.1) is 0 Å². The predicted molar refractivity (Wildman–Crippen MR) is 121 cm³/mol. The van der Waals surface area contributed by atoms with Crippen molar-refractivity contribution in [1.29, 1.82) is 0 Å². The minimum atomic E-state index is 0.0776. The number of aryl methyl sites for hydroxylation is 1. The fraction of sp³-hybridized carbons (Fsp3) is 0.542. The van der Waals surface area contributed by atoms with Gasteiger partial charge in [0, 0.05) is 41.9 Å². The molecule has 4 nitrogen and oxygen atoms in total. The Morgan fingerprint density at radius 3 is 2.86 bits per heavy atom. The number of fused-ring (bicyclic) bond motifs is 3. The molecule has 1 fully saturated rings. The molecule has 1 aliphatic carbocycles. The SMILES string of the molecule is O=c1[nH]c2ccc(OC3CCN(CC4=CCCCC4)CC3)cc2c2c1CSCC2. The summed E-state index contributed by atoms with van der Waals surface area (Å²) in [5.74, 6) is 2.85. The van der Waals surface area contributed by atoms with Crippen LogP contribution in [0.25, 0.3) is 10.9 Å². The second-order valence-electron chi connectivity index (χ2n) is 8.62. The number of thioether (sulfide) groups is 1. The number of H-pyrrole nitrogens is 1. The molecule has 0 radical (unpaired) electrons. The van der Waals surface area contributed by atoms with Crippen molar-refractivity contribution in [2.75, 3.05) is 25.4 Å². The maximum Gasteiger partial charge on any atom is 0.252 e. The fourth-order valence-electron chi connectivity index (χ4n) is 4.95. The average Bonchev–Trinajstić information content (AvgIpc) is 2.77. The van der Waals surface area contributed by atoms with Crippen molar-refractivity contribution in [3.63, 3.8) is 0 Å². The summed E-state index contributed by atoms with van der Waals surface area (Å²) in [6.07, 6.45) is 11.2. The molecular weight excluding hydrogens is 380 g/mol. The van der Waals surface area contributed by atoms with E-state index < -0.39 is 0 Å². The van der Waals surface area contributed by atoms with Gasteiger partial charge in [-0.15, -0.1) is 0 Å². The molecule has 5 heteroatoms. The Labute approximate surface area is 176 Å². The van der Waals surface area contributed by atoms with Gasteiger partial charge in [0.25, 0.3) is 5.56 Å². The minimum Gasteiger partial charge on any atom is -0.490 e. The topological polar surface area (TPSA) is 45.3 Å². The first kappa shape index (κ1) is 19.3. The number of benzene rings is 1. The number of ether oxygens (including phenoxy) is 1. The molecule has 154 valence electrons. The molecule has 0 spiro atoms. The zero-order valence-electron chi connectivity index (χ0n) is 17.0. The van der Waals surface area contributed by atoms with Gasteiger partial charge in [-0.25, -0.2) is 0 Å². The van der Waals surface area contributed by atoms with Crippen molar-refractivity contribution in [2.24, 2.45) is 0 Å². The van der Waals surface area contributed by atoms with Crippen LogP contribution in [0.4, 0.5) is 0 Å². The lowest BCUT2D eigenvalue weighted by molar-refractivity contribution is 0.105. The summed E-state index contributed by atoms with van der Waals surface area (Å²) in [5, 5.41) is 1.17. The van der Waals surface area contributed by atoms with Gasteiger partial charge in [0.15, 0.2) is 0 Å². The van der Waals surface area contributed by atoms with Gasteiger partial charge in [0.2, 0.25) is 0 Å². The standard InChI is InChI=1S/C24H30N2O2S/c27-24-22-16-29-13-10-20(22)21-14-19(6-7-23(21)25-24)28-18-8-11-26(12-9-18)15-17-4-2-1-3-5-17/h4,6-7,14,18H,1-3,5,8-13,15-16H2,(H,25,27). The van der Waals surface area contributed by atoms with Crippen LogP contribution in [-0.2, 0) is 12.2 Å². The van der Waals surface area contributed by atoms with E-state index in [1.54, 1.807) is 5.57 Å². The smallest absolute Gasteiger partial charge is 0.252 e. The van der Waals surface area contributed by atoms with Gasteiger partial charge in [-0.1, -0.05) is 11.6 Å². The van der Waals surface area contributed by atoms with E-state index in [2.05, 4.69) is 22.0 Å². The van der Waals surface area contributed by atoms with Gasteiger partial charge in [-0.2, -0.15) is 11.8 Å². The highest BCUT2D eigenvalue weighted by molar-refractivity contribution is 7.98. The predicted octanol–water partition coefficient (Wildman–Crippen LogP) is 4.66. The Morgan fingerprint density at radius 2 is 2.03 bits per heavy atom. The highest BCUT2D eigenvalue weighted by Gasteiger charge is 2.22. The second kappa shape index (κ2) is 8.57. The van der Waals surface area contributed by atoms with Crippen LogP contribution < -0.4 is 10.3 Å². The van der Waals surface area contributed by atoms with Gasteiger partial charge in [-0.3, -0.25) is 9.69 Å². The molecule has 0 atom stereocenters. The summed E-state index contributed by atoms with van der Waals surface area (Å²) >= 11 is 1.85. The number of hydrogen-bond donors (Lipinski definition) is 1. The van der Waals surface area contributed by atoms with Crippen molar-refractivity contribution < 1.29 is 4.74 Å². The van der Waals surface area contributed by atoms with E-state index in [1.807, 2.05) is 23.9 Å². The molecule has 1 aromatic heterocycles. The third-order valence-corrected chi connectivity index (χ3v) is 7.58. The van der Waals surface area contributed by atoms with E-state index in [0.29, 0.717) is 0 Å². The molecule has 3 heterocycles. The number of pyridine rings is 1. The maximum atomic E-state index is 12.3. The molecule has 0 bridgehead atoms. The minimum absolute atomic E-state index is 0.0776. The van der Waals surface area contributed by atoms with E-state index in [9.17, 15) is 4.79 Å². The number of aromatic amines is 1. The number of rotatable bonds is 4. The van der Waals surface area contributed by atoms with Crippen molar-refractivity contribution in [3.05, 3.63) is 51.3 Å². The third-order valence-electron chi connectivity index (χ3n) is 6.59. The fourth-order valence-corrected chi connectivity index (χ4v) is 5.95. The molecule has 1 N–H and O–H groups in total. The number of hydrogen-bond acceptors (Lipinski definition) is 4. The Hall–Kier alpha value is -1.72. The van der Waals surface area contributed by atoms with Crippen LogP contribution in [0.5, 0.6) is 5.75 Å². The Kier molecular flexibility index (Phi) is 5.69. The molecule has 1 saturated heterocycles. The normalized spacial score (nSPS) is 21.0. The summed E-state index contributed by atoms with van der Waals surface area (Å²) < 4.78 is 6.38. The van der Waals surface area contributed by atoms with Crippen LogP contribution in [0.1, 0.15) is 49.7 Å². The van der Waals surface area contributed by atoms with Crippen LogP contribution in [0.3, 0.4) is 0 Å². The second-order valence-corrected chi connectivity index (χ2v) is 9.73. The van der Waals surface area contributed by atoms with Crippen molar-refractivity contribution in [1.82, 2.24) is 9.88 Å². The molecule has 1 aromatic carbocycles. The van der Waals surface area contributed by atoms with Crippen molar-refractivity contribution in [3.8, 4) is 5.75 Å². The summed E-state index contributed by atoms with van der Waals surface area (Å²) in [6.45, 7) is 3.39. The van der Waals surface area contributed by atoms with Gasteiger partial charge < -0.3 is 9.72 Å². The van der Waals surface area contributed by atoms with Crippen molar-refractivity contribution in [2.45, 2.75) is 56.8 Å². The summed E-state index contributed by atoms with van der Waals surface area (Å²) in [4.78, 5) is 18.0. The largest absolute Gasteiger partial charge is 0.490 e. The third kappa shape index (κ3) is 4.26. The van der Waals surface area contributed by atoms with E-state index in [0.717, 1.165) is 67.2 Å². The lowest BCUT2D eigenvalue weighted by Crippen LogP contribution is -2.39. The van der Waals surface area contributed by atoms with Crippen LogP contribution in [-0.4, -0.2) is 41.4 Å². The van der Waals surface area contributed by atoms with E-state index >= 15 is 0 Å². The monoisotopic (exact) mass is 410 g/mol. The quantitative estimate of drug-likeness (QED) is 0.745. The van der Waals surface area contributed by atoms with Gasteiger partial charge in [-0.05, 0) is 74.5 Å². The van der Waals surface area contributed by atoms with Crippen LogP contribution in [0.15, 0.2) is 34.6 Å². The Morgan fingerprint density at radius 1 is 1.14 bits per heavy atom. The zero-order chi connectivity index (χ0) is 19.6. The lowest BCUT2D eigenvalue weighted by Gasteiger charge is -2.33. The number of aromatic nitrogens is 1. The van der Waals surface area contributed by atoms with E-state index in [4.69, 9.17) is 4.74 Å². The van der Waals surface area contributed by atoms with Gasteiger partial charge in [0.1, 0.15) is 11.9 Å². The highest BCUT2D eigenvalue weighted by Crippen LogP contribution is 2.31. The maximum absolute atomic E-state index is 12.3. The van der Waals surface area contributed by atoms with Crippen LogP contribution in [0.2, 0.25) is 0 Å². The molecule has 5 rings (SSSR count). The summed E-state index contributed by atoms with van der Waals surface area (Å²) in [7, 11) is 0. The molecule has 29 heavy (non-hydrogen) atoms. The zero-order valence-corrected chi connectivity index (χ0v) is 17.9. The summed E-state index contributed by atoms with van der Waals surface area (Å²) in [5.41, 5.74) is 4.83. The molecule has 0 amide bonds. The molecule has 0 unspecified atom stereocenters. The Balaban J connectivity index is 1.26. The average molecular weight is 411 g/mol. The highest BCUT2D eigenvalue weighted by atomic mass is 32.2. The first-order chi connectivity index (χ1) is 14.3. The molecule has 0 saturated carbocycles. The van der Waals surface area contributed by atoms with Crippen molar-refractivity contribution >= 4 is 22.7 Å². The van der Waals surface area contributed by atoms with E-state index in [-0.39, 0.29) is 11.7 Å². The number of nitrogens with one attached hydrogen (secondary N) is 1. The number of piperidine rings is 1. The number of nitrogens with zero attached hydrogens (tertiary/aromatic N) is 1. The van der Waals surface area contributed by atoms with Gasteiger partial charge >= 0.3 is 0 Å². The molecule has 2 aliphatic heterocycles. The Bertz CT molecular complexity index is 973. The van der Waals surface area contributed by atoms with Gasteiger partial charge in [0.05, 0.1) is 0 Å². The lowest BCUT2D eigenvalue weighted by atomic mass is 9.98. The first-order valence-corrected chi connectivity index (χ1v) is 12.2. The molecular formula is C24H30N2O2S.